The van der Waals surface area contributed by atoms with Crippen molar-refractivity contribution in [2.75, 3.05) is 11.1 Å². The number of nitrogens with zero attached hydrogens (tertiary/aromatic N) is 6. The van der Waals surface area contributed by atoms with Crippen LogP contribution in [0.5, 0.6) is 0 Å². The fraction of sp³-hybridized carbons (Fsp3) is 0.143. The molecule has 0 fully saturated rings. The Hall–Kier alpha value is -4.24. The van der Waals surface area contributed by atoms with Crippen LogP contribution in [-0.2, 0) is 6.18 Å². The first-order valence-electron chi connectivity index (χ1n) is 10.2. The Morgan fingerprint density at radius 3 is 2.43 bits per heavy atom. The van der Waals surface area contributed by atoms with Gasteiger partial charge in [0.1, 0.15) is 27.7 Å². The zero-order valence-corrected chi connectivity index (χ0v) is 20.2. The van der Waals surface area contributed by atoms with Crippen LogP contribution in [0.3, 0.4) is 0 Å². The summed E-state index contributed by atoms with van der Waals surface area (Å²) in [6.45, 7) is 1.64. The minimum absolute atomic E-state index is 0.0671. The topological polar surface area (TPSA) is 162 Å². The fourth-order valence-corrected chi connectivity index (χ4v) is 3.96. The van der Waals surface area contributed by atoms with Crippen LogP contribution in [-0.4, -0.2) is 41.7 Å². The molecule has 11 nitrogen and oxygen atoms in total. The Labute approximate surface area is 215 Å². The number of nitrogen functional groups attached to an aromatic ring is 1. The van der Waals surface area contributed by atoms with Crippen molar-refractivity contribution >= 4 is 46.5 Å². The minimum Gasteiger partial charge on any atom is -0.368 e. The summed E-state index contributed by atoms with van der Waals surface area (Å²) in [4.78, 5) is 49.0. The van der Waals surface area contributed by atoms with E-state index in [1.165, 1.54) is 31.0 Å². The fourth-order valence-electron chi connectivity index (χ4n) is 2.94. The molecule has 1 unspecified atom stereocenters. The molecule has 37 heavy (non-hydrogen) atoms. The molecule has 0 saturated carbocycles. The zero-order valence-electron chi connectivity index (χ0n) is 18.6. The van der Waals surface area contributed by atoms with E-state index in [4.69, 9.17) is 17.3 Å². The highest BCUT2D eigenvalue weighted by molar-refractivity contribution is 7.13. The number of alkyl halides is 3. The zero-order chi connectivity index (χ0) is 26.7. The molecule has 190 valence electrons. The highest BCUT2D eigenvalue weighted by atomic mass is 35.5. The molecule has 0 aliphatic heterocycles. The molecule has 4 rings (SSSR count). The predicted octanol–water partition coefficient (Wildman–Crippen LogP) is 3.78. The van der Waals surface area contributed by atoms with Gasteiger partial charge in [-0.1, -0.05) is 11.6 Å². The molecule has 0 spiro atoms. The van der Waals surface area contributed by atoms with E-state index in [1.54, 1.807) is 6.92 Å². The first kappa shape index (κ1) is 25.8. The highest BCUT2D eigenvalue weighted by Crippen LogP contribution is 2.35. The third-order valence-electron chi connectivity index (χ3n) is 4.74. The number of pyridine rings is 1. The summed E-state index contributed by atoms with van der Waals surface area (Å²) < 4.78 is 39.1. The van der Waals surface area contributed by atoms with Crippen LogP contribution >= 0.6 is 22.9 Å². The molecular weight excluding hydrogens is 535 g/mol. The molecule has 1 atom stereocenters. The smallest absolute Gasteiger partial charge is 0.368 e. The Morgan fingerprint density at radius 1 is 1.00 bits per heavy atom. The number of hydrogen-bond acceptors (Lipinski definition) is 10. The van der Waals surface area contributed by atoms with Crippen molar-refractivity contribution in [1.82, 2.24) is 35.2 Å². The van der Waals surface area contributed by atoms with Gasteiger partial charge in [-0.2, -0.15) is 13.2 Å². The molecular formula is C21H15ClF3N9O2S. The molecule has 0 bridgehead atoms. The lowest BCUT2D eigenvalue weighted by atomic mass is 10.2. The molecule has 2 amide bonds. The maximum Gasteiger partial charge on any atom is 0.418 e. The van der Waals surface area contributed by atoms with E-state index in [-0.39, 0.29) is 22.3 Å². The van der Waals surface area contributed by atoms with Gasteiger partial charge in [-0.25, -0.2) is 29.9 Å². The van der Waals surface area contributed by atoms with Crippen LogP contribution < -0.4 is 16.4 Å². The lowest BCUT2D eigenvalue weighted by Gasteiger charge is -2.11. The second-order valence-electron chi connectivity index (χ2n) is 7.38. The van der Waals surface area contributed by atoms with Gasteiger partial charge in [-0.3, -0.25) is 9.59 Å². The van der Waals surface area contributed by atoms with Gasteiger partial charge >= 0.3 is 6.18 Å². The number of anilines is 2. The third-order valence-corrected chi connectivity index (χ3v) is 6.22. The van der Waals surface area contributed by atoms with Crippen LogP contribution in [0.25, 0.3) is 11.3 Å². The Balaban J connectivity index is 1.43. The van der Waals surface area contributed by atoms with Crippen molar-refractivity contribution in [2.45, 2.75) is 19.1 Å². The van der Waals surface area contributed by atoms with Crippen LogP contribution in [0.4, 0.5) is 24.9 Å². The van der Waals surface area contributed by atoms with Gasteiger partial charge in [0.15, 0.2) is 0 Å². The number of carbonyl (C=O) groups excluding carboxylic acids is 2. The summed E-state index contributed by atoms with van der Waals surface area (Å²) in [5.41, 5.74) is 5.36. The maximum absolute atomic E-state index is 13.0. The van der Waals surface area contributed by atoms with Gasteiger partial charge in [-0.15, -0.1) is 11.3 Å². The molecule has 0 aliphatic rings. The average Bonchev–Trinajstić information content (AvgIpc) is 3.36. The minimum atomic E-state index is -4.71. The van der Waals surface area contributed by atoms with E-state index in [2.05, 4.69) is 40.5 Å². The van der Waals surface area contributed by atoms with Crippen molar-refractivity contribution in [3.63, 3.8) is 0 Å². The van der Waals surface area contributed by atoms with Gasteiger partial charge < -0.3 is 16.4 Å². The largest absolute Gasteiger partial charge is 0.418 e. The van der Waals surface area contributed by atoms with Crippen molar-refractivity contribution in [1.29, 1.82) is 0 Å². The number of hydrogen-bond donors (Lipinski definition) is 3. The summed E-state index contributed by atoms with van der Waals surface area (Å²) >= 11 is 6.49. The molecule has 0 aliphatic carbocycles. The van der Waals surface area contributed by atoms with E-state index in [9.17, 15) is 22.8 Å². The van der Waals surface area contributed by atoms with Crippen molar-refractivity contribution in [3.05, 3.63) is 69.4 Å². The number of thiazole rings is 1. The SMILES string of the molecule is CC(NC(=O)c1cc(-c2cnc(N)nc2)ncn1)c1ncc(C(=O)Nc2cc(C(F)(F)F)c(Cl)cn2)s1. The second kappa shape index (κ2) is 10.4. The molecule has 0 radical (unpaired) electrons. The van der Waals surface area contributed by atoms with Gasteiger partial charge in [0.25, 0.3) is 11.8 Å². The highest BCUT2D eigenvalue weighted by Gasteiger charge is 2.34. The maximum atomic E-state index is 13.0. The monoisotopic (exact) mass is 549 g/mol. The summed E-state index contributed by atoms with van der Waals surface area (Å²) in [7, 11) is 0. The molecule has 0 aromatic carbocycles. The van der Waals surface area contributed by atoms with Crippen LogP contribution in [0, 0.1) is 0 Å². The van der Waals surface area contributed by atoms with E-state index in [1.807, 2.05) is 0 Å². The lowest BCUT2D eigenvalue weighted by Crippen LogP contribution is -2.27. The van der Waals surface area contributed by atoms with Crippen molar-refractivity contribution < 1.29 is 22.8 Å². The van der Waals surface area contributed by atoms with Crippen LogP contribution in [0.1, 0.15) is 43.7 Å². The summed E-state index contributed by atoms with van der Waals surface area (Å²) in [5.74, 6) is -1.49. The first-order valence-corrected chi connectivity index (χ1v) is 11.4. The lowest BCUT2D eigenvalue weighted by molar-refractivity contribution is -0.137. The standard InChI is InChI=1S/C21H15ClF3N9O2S/c1-9(33-17(35)14-3-13(31-8-32-14)10-4-29-20(26)30-5-10)19-28-7-15(37-19)18(36)34-16-2-11(21(23,24)25)12(22)6-27-16/h2-9H,1H3,(H,33,35)(H2,26,29,30)(H,27,34,36). The van der Waals surface area contributed by atoms with Gasteiger partial charge in [0.2, 0.25) is 5.95 Å². The predicted molar refractivity (Wildman–Crippen MR) is 128 cm³/mol. The number of nitrogens with one attached hydrogen (secondary N) is 2. The summed E-state index contributed by atoms with van der Waals surface area (Å²) in [6.07, 6.45) is 1.46. The second-order valence-corrected chi connectivity index (χ2v) is 8.85. The van der Waals surface area contributed by atoms with Crippen molar-refractivity contribution in [3.8, 4) is 11.3 Å². The summed E-state index contributed by atoms with van der Waals surface area (Å²) in [5, 5.41) is 4.78. The number of nitrogens with two attached hydrogens (primary N) is 1. The quantitative estimate of drug-likeness (QED) is 0.325. The molecule has 4 heterocycles. The third kappa shape index (κ3) is 6.13. The number of rotatable bonds is 6. The average molecular weight is 550 g/mol. The molecule has 4 aromatic heterocycles. The van der Waals surface area contributed by atoms with E-state index in [0.29, 0.717) is 22.3 Å². The normalized spacial score (nSPS) is 12.1. The van der Waals surface area contributed by atoms with Crippen molar-refractivity contribution in [2.24, 2.45) is 0 Å². The number of carbonyl (C=O) groups is 2. The van der Waals surface area contributed by atoms with E-state index < -0.39 is 34.6 Å². The van der Waals surface area contributed by atoms with Crippen LogP contribution in [0.2, 0.25) is 5.02 Å². The van der Waals surface area contributed by atoms with Gasteiger partial charge in [0, 0.05) is 24.2 Å². The van der Waals surface area contributed by atoms with Crippen LogP contribution in [0.15, 0.2) is 43.2 Å². The number of halogens is 4. The molecule has 16 heteroatoms. The Kier molecular flexibility index (Phi) is 7.26. The number of amides is 2. The van der Waals surface area contributed by atoms with Gasteiger partial charge in [-0.05, 0) is 19.1 Å². The molecule has 4 aromatic rings. The molecule has 4 N–H and O–H groups in total. The first-order chi connectivity index (χ1) is 17.5. The number of aromatic nitrogens is 6. The van der Waals surface area contributed by atoms with E-state index >= 15 is 0 Å². The Bertz CT molecular complexity index is 1460. The Morgan fingerprint density at radius 2 is 1.73 bits per heavy atom. The summed E-state index contributed by atoms with van der Waals surface area (Å²) in [6, 6.07) is 1.46. The molecule has 0 saturated heterocycles. The van der Waals surface area contributed by atoms with E-state index in [0.717, 1.165) is 17.5 Å². The van der Waals surface area contributed by atoms with Gasteiger partial charge in [0.05, 0.1) is 28.5 Å².